The SMILES string of the molecule is O=C1CC(N(CC2CCCO2)C(=O)COc2ccccc2)C(=O)N1c1ccc(F)cc1. The molecule has 2 atom stereocenters. The number of carbonyl (C=O) groups is 3. The third-order valence-electron chi connectivity index (χ3n) is 5.43. The summed E-state index contributed by atoms with van der Waals surface area (Å²) in [4.78, 5) is 41.2. The number of ether oxygens (including phenoxy) is 2. The first-order valence-electron chi connectivity index (χ1n) is 10.2. The summed E-state index contributed by atoms with van der Waals surface area (Å²) < 4.78 is 24.5. The number of amides is 3. The fraction of sp³-hybridized carbons (Fsp3) is 0.348. The van der Waals surface area contributed by atoms with Gasteiger partial charge in [-0.3, -0.25) is 14.4 Å². The predicted molar refractivity (Wildman–Crippen MR) is 110 cm³/mol. The Kier molecular flexibility index (Phi) is 6.27. The number of para-hydroxylation sites is 1. The number of hydrogen-bond acceptors (Lipinski definition) is 5. The summed E-state index contributed by atoms with van der Waals surface area (Å²) in [7, 11) is 0. The molecule has 0 N–H and O–H groups in total. The summed E-state index contributed by atoms with van der Waals surface area (Å²) in [5.41, 5.74) is 0.281. The van der Waals surface area contributed by atoms with Gasteiger partial charge in [0.2, 0.25) is 5.91 Å². The van der Waals surface area contributed by atoms with Gasteiger partial charge in [-0.2, -0.15) is 0 Å². The first kappa shape index (κ1) is 21.0. The number of carbonyl (C=O) groups excluding carboxylic acids is 3. The van der Waals surface area contributed by atoms with Crippen molar-refractivity contribution in [1.82, 2.24) is 4.90 Å². The molecule has 0 bridgehead atoms. The van der Waals surface area contributed by atoms with E-state index in [1.54, 1.807) is 24.3 Å². The molecule has 2 heterocycles. The van der Waals surface area contributed by atoms with E-state index in [1.807, 2.05) is 6.07 Å². The molecule has 162 valence electrons. The zero-order valence-electron chi connectivity index (χ0n) is 16.9. The molecule has 4 rings (SSSR count). The Morgan fingerprint density at radius 1 is 1.13 bits per heavy atom. The van der Waals surface area contributed by atoms with Crippen LogP contribution in [0.3, 0.4) is 0 Å². The minimum absolute atomic E-state index is 0.139. The van der Waals surface area contributed by atoms with Gasteiger partial charge >= 0.3 is 0 Å². The van der Waals surface area contributed by atoms with Crippen molar-refractivity contribution in [1.29, 1.82) is 0 Å². The van der Waals surface area contributed by atoms with E-state index < -0.39 is 29.6 Å². The molecule has 2 fully saturated rings. The molecule has 8 heteroatoms. The van der Waals surface area contributed by atoms with Gasteiger partial charge in [0, 0.05) is 13.2 Å². The van der Waals surface area contributed by atoms with Gasteiger partial charge in [0.1, 0.15) is 17.6 Å². The van der Waals surface area contributed by atoms with Crippen LogP contribution in [0.25, 0.3) is 0 Å². The van der Waals surface area contributed by atoms with Crippen molar-refractivity contribution in [3.05, 3.63) is 60.4 Å². The molecule has 2 aromatic rings. The Labute approximate surface area is 179 Å². The molecular weight excluding hydrogens is 403 g/mol. The van der Waals surface area contributed by atoms with Gasteiger partial charge in [-0.05, 0) is 49.2 Å². The molecule has 31 heavy (non-hydrogen) atoms. The lowest BCUT2D eigenvalue weighted by atomic mass is 10.1. The lowest BCUT2D eigenvalue weighted by Crippen LogP contribution is -2.50. The molecule has 2 aliphatic heterocycles. The zero-order chi connectivity index (χ0) is 21.8. The average molecular weight is 426 g/mol. The zero-order valence-corrected chi connectivity index (χ0v) is 16.9. The maximum absolute atomic E-state index is 13.3. The van der Waals surface area contributed by atoms with Gasteiger partial charge in [0.15, 0.2) is 6.61 Å². The topological polar surface area (TPSA) is 76.1 Å². The molecule has 2 aromatic carbocycles. The third-order valence-corrected chi connectivity index (χ3v) is 5.43. The van der Waals surface area contributed by atoms with Crippen LogP contribution in [0.4, 0.5) is 10.1 Å². The Balaban J connectivity index is 1.52. The Bertz CT molecular complexity index is 944. The molecule has 2 saturated heterocycles. The van der Waals surface area contributed by atoms with Gasteiger partial charge in [0.05, 0.1) is 18.2 Å². The fourth-order valence-corrected chi connectivity index (χ4v) is 3.88. The largest absolute Gasteiger partial charge is 0.484 e. The van der Waals surface area contributed by atoms with Crippen LogP contribution in [0.1, 0.15) is 19.3 Å². The Morgan fingerprint density at radius 3 is 2.55 bits per heavy atom. The molecular formula is C23H23FN2O5. The molecule has 2 aliphatic rings. The van der Waals surface area contributed by atoms with E-state index in [-0.39, 0.29) is 31.4 Å². The van der Waals surface area contributed by atoms with Gasteiger partial charge in [-0.25, -0.2) is 9.29 Å². The van der Waals surface area contributed by atoms with Crippen molar-refractivity contribution in [2.75, 3.05) is 24.7 Å². The van der Waals surface area contributed by atoms with Crippen LogP contribution in [0.5, 0.6) is 5.75 Å². The van der Waals surface area contributed by atoms with Crippen molar-refractivity contribution >= 4 is 23.4 Å². The van der Waals surface area contributed by atoms with Crippen molar-refractivity contribution in [2.45, 2.75) is 31.4 Å². The minimum atomic E-state index is -0.950. The molecule has 0 spiro atoms. The first-order valence-corrected chi connectivity index (χ1v) is 10.2. The number of hydrogen-bond donors (Lipinski definition) is 0. The van der Waals surface area contributed by atoms with Crippen LogP contribution in [0.2, 0.25) is 0 Å². The quantitative estimate of drug-likeness (QED) is 0.636. The van der Waals surface area contributed by atoms with E-state index in [0.29, 0.717) is 12.4 Å². The molecule has 0 radical (unpaired) electrons. The van der Waals surface area contributed by atoms with Crippen LogP contribution in [-0.2, 0) is 19.1 Å². The highest BCUT2D eigenvalue weighted by molar-refractivity contribution is 6.23. The van der Waals surface area contributed by atoms with Gasteiger partial charge in [-0.15, -0.1) is 0 Å². The van der Waals surface area contributed by atoms with Gasteiger partial charge in [-0.1, -0.05) is 18.2 Å². The smallest absolute Gasteiger partial charge is 0.261 e. The van der Waals surface area contributed by atoms with Crippen LogP contribution < -0.4 is 9.64 Å². The third kappa shape index (κ3) is 4.74. The predicted octanol–water partition coefficient (Wildman–Crippen LogP) is 2.54. The maximum Gasteiger partial charge on any atom is 0.261 e. The van der Waals surface area contributed by atoms with Crippen molar-refractivity contribution in [3.63, 3.8) is 0 Å². The number of anilines is 1. The van der Waals surface area contributed by atoms with Crippen molar-refractivity contribution in [2.24, 2.45) is 0 Å². The van der Waals surface area contributed by atoms with E-state index in [4.69, 9.17) is 9.47 Å². The standard InChI is InChI=1S/C23H23FN2O5/c24-16-8-10-17(11-9-16)26-21(27)13-20(23(26)29)25(14-19-7-4-12-30-19)22(28)15-31-18-5-2-1-3-6-18/h1-3,5-6,8-11,19-20H,4,7,12-15H2. The summed E-state index contributed by atoms with van der Waals surface area (Å²) in [6, 6.07) is 13.1. The number of nitrogens with zero attached hydrogens (tertiary/aromatic N) is 2. The second-order valence-corrected chi connectivity index (χ2v) is 7.55. The first-order chi connectivity index (χ1) is 15.0. The molecule has 0 aliphatic carbocycles. The van der Waals surface area contributed by atoms with Crippen LogP contribution in [-0.4, -0.2) is 54.5 Å². The van der Waals surface area contributed by atoms with E-state index in [1.165, 1.54) is 29.2 Å². The summed E-state index contributed by atoms with van der Waals surface area (Å²) >= 11 is 0. The van der Waals surface area contributed by atoms with Crippen LogP contribution in [0.15, 0.2) is 54.6 Å². The summed E-state index contributed by atoms with van der Waals surface area (Å²) in [5, 5.41) is 0. The summed E-state index contributed by atoms with van der Waals surface area (Å²) in [6.45, 7) is 0.551. The Morgan fingerprint density at radius 2 is 1.87 bits per heavy atom. The average Bonchev–Trinajstić information content (AvgIpc) is 3.39. The van der Waals surface area contributed by atoms with E-state index in [0.717, 1.165) is 17.7 Å². The van der Waals surface area contributed by atoms with E-state index >= 15 is 0 Å². The number of halogens is 1. The van der Waals surface area contributed by atoms with Crippen LogP contribution in [0, 0.1) is 5.82 Å². The summed E-state index contributed by atoms with van der Waals surface area (Å²) in [6.07, 6.45) is 1.33. The van der Waals surface area contributed by atoms with Gasteiger partial charge in [0.25, 0.3) is 11.8 Å². The minimum Gasteiger partial charge on any atom is -0.484 e. The Hall–Kier alpha value is -3.26. The lowest BCUT2D eigenvalue weighted by molar-refractivity contribution is -0.141. The molecule has 0 saturated carbocycles. The second kappa shape index (κ2) is 9.26. The molecule has 2 unspecified atom stereocenters. The highest BCUT2D eigenvalue weighted by atomic mass is 19.1. The highest BCUT2D eigenvalue weighted by Crippen LogP contribution is 2.27. The van der Waals surface area contributed by atoms with Crippen molar-refractivity contribution in [3.8, 4) is 5.75 Å². The fourth-order valence-electron chi connectivity index (χ4n) is 3.88. The second-order valence-electron chi connectivity index (χ2n) is 7.55. The lowest BCUT2D eigenvalue weighted by Gasteiger charge is -2.29. The monoisotopic (exact) mass is 426 g/mol. The van der Waals surface area contributed by atoms with E-state index in [9.17, 15) is 18.8 Å². The van der Waals surface area contributed by atoms with E-state index in [2.05, 4.69) is 0 Å². The summed E-state index contributed by atoms with van der Waals surface area (Å²) in [5.74, 6) is -1.27. The number of imide groups is 1. The van der Waals surface area contributed by atoms with Crippen molar-refractivity contribution < 1.29 is 28.2 Å². The molecule has 3 amide bonds. The normalized spacial score (nSPS) is 20.9. The molecule has 0 aromatic heterocycles. The maximum atomic E-state index is 13.3. The van der Waals surface area contributed by atoms with Gasteiger partial charge < -0.3 is 14.4 Å². The number of rotatable bonds is 7. The van der Waals surface area contributed by atoms with Crippen LogP contribution >= 0.6 is 0 Å². The highest BCUT2D eigenvalue weighted by Gasteiger charge is 2.45. The number of benzene rings is 2. The molecule has 7 nitrogen and oxygen atoms in total.